The van der Waals surface area contributed by atoms with E-state index in [1.807, 2.05) is 56.3 Å². The number of fused-ring (bicyclic) bond motifs is 1. The number of anilines is 1. The van der Waals surface area contributed by atoms with Gasteiger partial charge in [-0.3, -0.25) is 9.59 Å². The number of carbonyl (C=O) groups excluding carboxylic acids is 1. The molecule has 0 aliphatic heterocycles. The van der Waals surface area contributed by atoms with E-state index in [4.69, 9.17) is 5.73 Å². The molecule has 35 heavy (non-hydrogen) atoms. The molecule has 4 N–H and O–H groups in total. The molecule has 2 aromatic carbocycles. The molecular formula is C26H27FN6O2. The maximum Gasteiger partial charge on any atom is 0.275 e. The van der Waals surface area contributed by atoms with Crippen molar-refractivity contribution < 1.29 is 9.18 Å². The highest BCUT2D eigenvalue weighted by atomic mass is 19.1. The molecule has 180 valence electrons. The van der Waals surface area contributed by atoms with Crippen molar-refractivity contribution in [2.75, 3.05) is 5.73 Å². The number of hydrogen-bond acceptors (Lipinski definition) is 5. The smallest absolute Gasteiger partial charge is 0.275 e. The number of carbonyl (C=O) groups is 1. The largest absolute Gasteiger partial charge is 0.380 e. The number of aromatic nitrogens is 4. The van der Waals surface area contributed by atoms with Crippen LogP contribution in [0.2, 0.25) is 0 Å². The van der Waals surface area contributed by atoms with Crippen LogP contribution in [0, 0.1) is 13.8 Å². The summed E-state index contributed by atoms with van der Waals surface area (Å²) in [4.78, 5) is 25.3. The maximum absolute atomic E-state index is 14.6. The van der Waals surface area contributed by atoms with Crippen LogP contribution in [0.3, 0.4) is 0 Å². The van der Waals surface area contributed by atoms with Gasteiger partial charge in [-0.2, -0.15) is 10.2 Å². The number of H-pyrrole nitrogens is 1. The van der Waals surface area contributed by atoms with Crippen molar-refractivity contribution >= 4 is 22.6 Å². The Morgan fingerprint density at radius 1 is 1.20 bits per heavy atom. The summed E-state index contributed by atoms with van der Waals surface area (Å²) < 4.78 is 16.1. The molecule has 0 unspecified atom stereocenters. The molecule has 1 saturated carbocycles. The third kappa shape index (κ3) is 4.18. The van der Waals surface area contributed by atoms with Gasteiger partial charge in [-0.15, -0.1) is 0 Å². The SMILES string of the molecule is Cc1ccc(C)c(C(=O)NCc2ccc(-n3nc([C@H]4CCC[C@@H]4F)c4c(=O)[nH]nc(N)c43)cc2)c1. The second-order valence-corrected chi connectivity index (χ2v) is 9.18. The number of aryl methyl sites for hydroxylation is 2. The second-order valence-electron chi connectivity index (χ2n) is 9.18. The number of benzene rings is 2. The van der Waals surface area contributed by atoms with Crippen LogP contribution in [0.15, 0.2) is 47.3 Å². The van der Waals surface area contributed by atoms with Crippen molar-refractivity contribution in [3.63, 3.8) is 0 Å². The van der Waals surface area contributed by atoms with Gasteiger partial charge in [0, 0.05) is 18.0 Å². The van der Waals surface area contributed by atoms with Crippen molar-refractivity contribution in [3.8, 4) is 5.69 Å². The molecule has 0 saturated heterocycles. The predicted molar refractivity (Wildman–Crippen MR) is 132 cm³/mol. The molecule has 8 nitrogen and oxygen atoms in total. The van der Waals surface area contributed by atoms with E-state index < -0.39 is 17.6 Å². The van der Waals surface area contributed by atoms with Gasteiger partial charge in [0.05, 0.1) is 16.8 Å². The van der Waals surface area contributed by atoms with Crippen LogP contribution >= 0.6 is 0 Å². The van der Waals surface area contributed by atoms with Crippen molar-refractivity contribution in [3.05, 3.63) is 80.8 Å². The van der Waals surface area contributed by atoms with Crippen LogP contribution in [0.4, 0.5) is 10.2 Å². The predicted octanol–water partition coefficient (Wildman–Crippen LogP) is 3.84. The minimum atomic E-state index is -1.04. The normalized spacial score (nSPS) is 17.7. The second kappa shape index (κ2) is 8.98. The van der Waals surface area contributed by atoms with E-state index in [9.17, 15) is 14.0 Å². The molecule has 2 heterocycles. The zero-order valence-corrected chi connectivity index (χ0v) is 19.6. The Hall–Kier alpha value is -4.01. The van der Waals surface area contributed by atoms with Gasteiger partial charge in [0.15, 0.2) is 5.82 Å². The van der Waals surface area contributed by atoms with Gasteiger partial charge in [0.25, 0.3) is 11.5 Å². The van der Waals surface area contributed by atoms with E-state index in [2.05, 4.69) is 20.6 Å². The Morgan fingerprint density at radius 2 is 1.97 bits per heavy atom. The first kappa shape index (κ1) is 22.8. The maximum atomic E-state index is 14.6. The van der Waals surface area contributed by atoms with Crippen molar-refractivity contribution in [2.24, 2.45) is 0 Å². The quantitative estimate of drug-likeness (QED) is 0.406. The van der Waals surface area contributed by atoms with E-state index in [1.54, 1.807) is 4.68 Å². The van der Waals surface area contributed by atoms with Gasteiger partial charge in [-0.1, -0.05) is 29.8 Å². The summed E-state index contributed by atoms with van der Waals surface area (Å²) in [6.45, 7) is 4.22. The molecule has 2 aromatic heterocycles. The zero-order valence-electron chi connectivity index (χ0n) is 19.6. The number of aromatic amines is 1. The standard InChI is InChI=1S/C26H27FN6O2/c1-14-6-7-15(2)19(12-14)25(34)29-13-16-8-10-17(11-9-16)33-23-21(26(35)31-30-24(23)28)22(32-33)18-4-3-5-20(18)27/h6-12,18,20H,3-5,13H2,1-2H3,(H2,28,30)(H,29,34)(H,31,35)/t18-,20-/m0/s1. The summed E-state index contributed by atoms with van der Waals surface area (Å²) in [7, 11) is 0. The Bertz CT molecular complexity index is 1470. The van der Waals surface area contributed by atoms with E-state index in [0.717, 1.165) is 23.1 Å². The van der Waals surface area contributed by atoms with Crippen LogP contribution < -0.4 is 16.6 Å². The van der Waals surface area contributed by atoms with E-state index in [1.165, 1.54) is 0 Å². The average molecular weight is 475 g/mol. The highest BCUT2D eigenvalue weighted by molar-refractivity contribution is 5.95. The Labute approximate surface area is 201 Å². The number of amides is 1. The summed E-state index contributed by atoms with van der Waals surface area (Å²) in [5.41, 5.74) is 10.6. The van der Waals surface area contributed by atoms with Crippen LogP contribution in [0.25, 0.3) is 16.6 Å². The molecule has 4 aromatic rings. The fraction of sp³-hybridized carbons (Fsp3) is 0.308. The molecule has 0 bridgehead atoms. The van der Waals surface area contributed by atoms with Crippen molar-refractivity contribution in [2.45, 2.75) is 51.7 Å². The lowest BCUT2D eigenvalue weighted by Crippen LogP contribution is -2.23. The van der Waals surface area contributed by atoms with Crippen LogP contribution in [0.1, 0.15) is 57.9 Å². The first-order chi connectivity index (χ1) is 16.8. The number of nitrogen functional groups attached to an aromatic ring is 1. The number of nitrogens with two attached hydrogens (primary N) is 1. The summed E-state index contributed by atoms with van der Waals surface area (Å²) in [6.07, 6.45) is 0.799. The lowest BCUT2D eigenvalue weighted by Gasteiger charge is -2.10. The molecular weight excluding hydrogens is 447 g/mol. The molecule has 2 atom stereocenters. The minimum Gasteiger partial charge on any atom is -0.380 e. The average Bonchev–Trinajstić information content (AvgIpc) is 3.46. The highest BCUT2D eigenvalue weighted by Gasteiger charge is 2.34. The lowest BCUT2D eigenvalue weighted by molar-refractivity contribution is 0.0950. The number of alkyl halides is 1. The first-order valence-electron chi connectivity index (χ1n) is 11.7. The Morgan fingerprint density at radius 3 is 2.69 bits per heavy atom. The highest BCUT2D eigenvalue weighted by Crippen LogP contribution is 2.39. The molecule has 1 aliphatic carbocycles. The fourth-order valence-electron chi connectivity index (χ4n) is 4.80. The van der Waals surface area contributed by atoms with Gasteiger partial charge in [0.1, 0.15) is 11.7 Å². The van der Waals surface area contributed by atoms with Gasteiger partial charge < -0.3 is 11.1 Å². The summed E-state index contributed by atoms with van der Waals surface area (Å²) in [5.74, 6) is -0.453. The first-order valence-corrected chi connectivity index (χ1v) is 11.7. The number of halogens is 1. The van der Waals surface area contributed by atoms with Crippen molar-refractivity contribution in [1.29, 1.82) is 0 Å². The van der Waals surface area contributed by atoms with Crippen molar-refractivity contribution in [1.82, 2.24) is 25.3 Å². The molecule has 0 spiro atoms. The third-order valence-electron chi connectivity index (χ3n) is 6.71. The molecule has 0 radical (unpaired) electrons. The molecule has 9 heteroatoms. The van der Waals surface area contributed by atoms with E-state index in [-0.39, 0.29) is 17.1 Å². The fourth-order valence-corrected chi connectivity index (χ4v) is 4.80. The number of nitrogens with zero attached hydrogens (tertiary/aromatic N) is 3. The van der Waals surface area contributed by atoms with E-state index >= 15 is 0 Å². The molecule has 1 amide bonds. The summed E-state index contributed by atoms with van der Waals surface area (Å²) in [5, 5.41) is 14.2. The molecule has 1 fully saturated rings. The van der Waals surface area contributed by atoms with Crippen LogP contribution in [-0.4, -0.2) is 32.1 Å². The number of hydrogen-bond donors (Lipinski definition) is 3. The molecule has 5 rings (SSSR count). The zero-order chi connectivity index (χ0) is 24.7. The Kier molecular flexibility index (Phi) is 5.84. The van der Waals surface area contributed by atoms with Crippen LogP contribution in [-0.2, 0) is 6.54 Å². The monoisotopic (exact) mass is 474 g/mol. The van der Waals surface area contributed by atoms with Gasteiger partial charge in [-0.25, -0.2) is 14.2 Å². The topological polar surface area (TPSA) is 119 Å². The third-order valence-corrected chi connectivity index (χ3v) is 6.71. The lowest BCUT2D eigenvalue weighted by atomic mass is 10.0. The van der Waals surface area contributed by atoms with E-state index in [0.29, 0.717) is 41.8 Å². The van der Waals surface area contributed by atoms with Gasteiger partial charge in [0.2, 0.25) is 0 Å². The van der Waals surface area contributed by atoms with Gasteiger partial charge >= 0.3 is 0 Å². The Balaban J connectivity index is 1.43. The minimum absolute atomic E-state index is 0.122. The van der Waals surface area contributed by atoms with Crippen LogP contribution in [0.5, 0.6) is 0 Å². The summed E-state index contributed by atoms with van der Waals surface area (Å²) >= 11 is 0. The van der Waals surface area contributed by atoms with Gasteiger partial charge in [-0.05, 0) is 62.4 Å². The molecule has 1 aliphatic rings. The summed E-state index contributed by atoms with van der Waals surface area (Å²) in [6, 6.07) is 13.2. The number of rotatable bonds is 5. The number of nitrogens with one attached hydrogen (secondary N) is 2.